The lowest BCUT2D eigenvalue weighted by Crippen LogP contribution is -2.42. The van der Waals surface area contributed by atoms with E-state index in [0.717, 1.165) is 101 Å². The first-order chi connectivity index (χ1) is 21.4. The molecule has 2 aromatic rings. The lowest BCUT2D eigenvalue weighted by Gasteiger charge is -2.32. The van der Waals surface area contributed by atoms with Crippen LogP contribution in [0.3, 0.4) is 0 Å². The number of carbonyl (C=O) groups is 3. The number of para-hydroxylation sites is 1. The molecule has 0 unspecified atom stereocenters. The number of unbranched alkanes of at least 4 members (excludes halogenated alkanes) is 2. The van der Waals surface area contributed by atoms with Crippen molar-refractivity contribution in [3.63, 3.8) is 0 Å². The van der Waals surface area contributed by atoms with E-state index in [1.54, 1.807) is 0 Å². The van der Waals surface area contributed by atoms with E-state index in [4.69, 9.17) is 9.47 Å². The Morgan fingerprint density at radius 3 is 2.32 bits per heavy atom. The van der Waals surface area contributed by atoms with Gasteiger partial charge in [-0.15, -0.1) is 0 Å². The number of benzene rings is 2. The molecule has 240 valence electrons. The highest BCUT2D eigenvalue weighted by atomic mass is 16.6. The molecular weight excluding hydrogens is 556 g/mol. The van der Waals surface area contributed by atoms with Crippen molar-refractivity contribution >= 4 is 23.7 Å². The summed E-state index contributed by atoms with van der Waals surface area (Å²) in [5.41, 5.74) is 2.74. The van der Waals surface area contributed by atoms with E-state index in [-0.39, 0.29) is 23.9 Å². The molecule has 1 saturated heterocycles. The van der Waals surface area contributed by atoms with Gasteiger partial charge in [0, 0.05) is 51.3 Å². The molecule has 9 heteroatoms. The van der Waals surface area contributed by atoms with Crippen molar-refractivity contribution in [1.82, 2.24) is 15.1 Å². The van der Waals surface area contributed by atoms with Crippen molar-refractivity contribution in [3.05, 3.63) is 54.6 Å². The predicted molar refractivity (Wildman–Crippen MR) is 173 cm³/mol. The number of piperidine rings is 1. The zero-order chi connectivity index (χ0) is 31.1. The third-order valence-electron chi connectivity index (χ3n) is 9.00. The smallest absolute Gasteiger partial charge is 0.411 e. The second-order valence-electron chi connectivity index (χ2n) is 12.1. The molecule has 2 aliphatic rings. The van der Waals surface area contributed by atoms with Crippen LogP contribution in [0.15, 0.2) is 54.6 Å². The first kappa shape index (κ1) is 33.5. The Balaban J connectivity index is 1.04. The van der Waals surface area contributed by atoms with Gasteiger partial charge in [-0.05, 0) is 69.5 Å². The van der Waals surface area contributed by atoms with Crippen molar-refractivity contribution in [3.8, 4) is 11.1 Å². The van der Waals surface area contributed by atoms with Gasteiger partial charge >= 0.3 is 12.1 Å². The molecule has 44 heavy (non-hydrogen) atoms. The van der Waals surface area contributed by atoms with Gasteiger partial charge in [-0.25, -0.2) is 4.79 Å². The van der Waals surface area contributed by atoms with Crippen LogP contribution >= 0.6 is 0 Å². The Morgan fingerprint density at radius 1 is 0.886 bits per heavy atom. The first-order valence-electron chi connectivity index (χ1n) is 16.3. The molecular formula is C35H50N4O5. The lowest BCUT2D eigenvalue weighted by atomic mass is 9.86. The number of likely N-dealkylation sites (tertiary alicyclic amines) is 1. The molecule has 9 nitrogen and oxygen atoms in total. The number of rotatable bonds is 14. The van der Waals surface area contributed by atoms with E-state index >= 15 is 0 Å². The van der Waals surface area contributed by atoms with Crippen molar-refractivity contribution < 1.29 is 23.9 Å². The van der Waals surface area contributed by atoms with Crippen LogP contribution in [0.25, 0.3) is 11.1 Å². The normalized spacial score (nSPS) is 19.2. The number of hydrogen-bond acceptors (Lipinski definition) is 7. The molecule has 2 N–H and O–H groups in total. The van der Waals surface area contributed by atoms with Crippen LogP contribution in [0.4, 0.5) is 10.5 Å². The standard InChI is InChI=1S/C35H50N4O5/c1-38(33(40)15-7-4-10-22-36-29-18-16-28(17-19-29)34(41)43-2)25-26-39-23-20-30(21-24-39)44-35(42)37-32-14-9-8-13-31(32)27-11-5-3-6-12-27/h3,5-6,8-9,11-14,28-30,36H,4,7,10,15-26H2,1-2H3,(H,37,42). The number of amides is 2. The van der Waals surface area contributed by atoms with Gasteiger partial charge in [0.25, 0.3) is 0 Å². The van der Waals surface area contributed by atoms with E-state index in [1.807, 2.05) is 66.5 Å². The molecule has 0 radical (unpaired) electrons. The highest BCUT2D eigenvalue weighted by Gasteiger charge is 2.26. The molecule has 2 aromatic carbocycles. The third-order valence-corrected chi connectivity index (χ3v) is 9.00. The van der Waals surface area contributed by atoms with Crippen LogP contribution in [-0.2, 0) is 19.1 Å². The van der Waals surface area contributed by atoms with Crippen molar-refractivity contribution in [2.75, 3.05) is 52.2 Å². The van der Waals surface area contributed by atoms with Gasteiger partial charge in [0.1, 0.15) is 6.10 Å². The van der Waals surface area contributed by atoms with E-state index in [9.17, 15) is 14.4 Å². The first-order valence-corrected chi connectivity index (χ1v) is 16.3. The number of nitrogens with one attached hydrogen (secondary N) is 2. The Morgan fingerprint density at radius 2 is 1.59 bits per heavy atom. The van der Waals surface area contributed by atoms with Crippen molar-refractivity contribution in [2.45, 2.75) is 76.4 Å². The van der Waals surface area contributed by atoms with Gasteiger partial charge < -0.3 is 24.6 Å². The molecule has 0 aromatic heterocycles. The van der Waals surface area contributed by atoms with Gasteiger partial charge in [-0.3, -0.25) is 14.9 Å². The quantitative estimate of drug-likeness (QED) is 0.210. The fourth-order valence-corrected chi connectivity index (χ4v) is 6.19. The number of carbonyl (C=O) groups excluding carboxylic acids is 3. The summed E-state index contributed by atoms with van der Waals surface area (Å²) in [5.74, 6) is 0.190. The minimum Gasteiger partial charge on any atom is -0.469 e. The largest absolute Gasteiger partial charge is 0.469 e. The summed E-state index contributed by atoms with van der Waals surface area (Å²) in [5, 5.41) is 6.55. The monoisotopic (exact) mass is 606 g/mol. The fourth-order valence-electron chi connectivity index (χ4n) is 6.19. The predicted octanol–water partition coefficient (Wildman–Crippen LogP) is 5.71. The highest BCUT2D eigenvalue weighted by Crippen LogP contribution is 2.28. The maximum atomic E-state index is 12.7. The second kappa shape index (κ2) is 17.8. The second-order valence-corrected chi connectivity index (χ2v) is 12.1. The van der Waals surface area contributed by atoms with Crippen LogP contribution in [0.2, 0.25) is 0 Å². The summed E-state index contributed by atoms with van der Waals surface area (Å²) >= 11 is 0. The minimum atomic E-state index is -0.421. The maximum absolute atomic E-state index is 12.7. The summed E-state index contributed by atoms with van der Waals surface area (Å²) in [7, 11) is 3.36. The number of methoxy groups -OCH3 is 1. The number of ether oxygens (including phenoxy) is 2. The van der Waals surface area contributed by atoms with Crippen LogP contribution in [-0.4, -0.2) is 86.8 Å². The Bertz CT molecular complexity index is 1180. The van der Waals surface area contributed by atoms with Crippen LogP contribution in [0.5, 0.6) is 0 Å². The molecule has 2 amide bonds. The van der Waals surface area contributed by atoms with Crippen molar-refractivity contribution in [2.24, 2.45) is 5.92 Å². The van der Waals surface area contributed by atoms with Gasteiger partial charge in [-0.1, -0.05) is 55.0 Å². The highest BCUT2D eigenvalue weighted by molar-refractivity contribution is 5.91. The average Bonchev–Trinajstić information content (AvgIpc) is 3.06. The van der Waals surface area contributed by atoms with Crippen LogP contribution < -0.4 is 10.6 Å². The van der Waals surface area contributed by atoms with E-state index in [1.165, 1.54) is 7.11 Å². The number of nitrogens with zero attached hydrogens (tertiary/aromatic N) is 2. The van der Waals surface area contributed by atoms with Gasteiger partial charge in [0.2, 0.25) is 5.91 Å². The Hall–Kier alpha value is -3.43. The zero-order valence-corrected chi connectivity index (χ0v) is 26.5. The SMILES string of the molecule is COC(=O)C1CCC(NCCCCCC(=O)N(C)CCN2CCC(OC(=O)Nc3ccccc3-c3ccccc3)CC2)CC1. The molecule has 1 aliphatic heterocycles. The summed E-state index contributed by atoms with van der Waals surface area (Å²) in [6, 6.07) is 18.2. The van der Waals surface area contributed by atoms with Gasteiger partial charge in [0.15, 0.2) is 0 Å². The molecule has 1 saturated carbocycles. The van der Waals surface area contributed by atoms with E-state index in [0.29, 0.717) is 19.0 Å². The van der Waals surface area contributed by atoms with Gasteiger partial charge in [0.05, 0.1) is 18.7 Å². The summed E-state index contributed by atoms with van der Waals surface area (Å²) in [6.45, 7) is 4.18. The van der Waals surface area contributed by atoms with E-state index < -0.39 is 6.09 Å². The molecule has 0 bridgehead atoms. The van der Waals surface area contributed by atoms with Crippen LogP contribution in [0, 0.1) is 5.92 Å². The third kappa shape index (κ3) is 10.6. The van der Waals surface area contributed by atoms with Crippen molar-refractivity contribution in [1.29, 1.82) is 0 Å². The van der Waals surface area contributed by atoms with Crippen LogP contribution in [0.1, 0.15) is 64.2 Å². The summed E-state index contributed by atoms with van der Waals surface area (Å²) in [6.07, 6.45) is 8.46. The maximum Gasteiger partial charge on any atom is 0.411 e. The Kier molecular flexibility index (Phi) is 13.5. The van der Waals surface area contributed by atoms with Gasteiger partial charge in [-0.2, -0.15) is 0 Å². The molecule has 4 rings (SSSR count). The number of likely N-dealkylation sites (N-methyl/N-ethyl adjacent to an activating group) is 1. The summed E-state index contributed by atoms with van der Waals surface area (Å²) < 4.78 is 10.6. The summed E-state index contributed by atoms with van der Waals surface area (Å²) in [4.78, 5) is 41.2. The molecule has 1 heterocycles. The topological polar surface area (TPSA) is 100 Å². The van der Waals surface area contributed by atoms with E-state index in [2.05, 4.69) is 15.5 Å². The minimum absolute atomic E-state index is 0.0647. The Labute approximate surface area is 262 Å². The number of hydrogen-bond donors (Lipinski definition) is 2. The molecule has 1 aliphatic carbocycles. The molecule has 2 fully saturated rings. The fraction of sp³-hybridized carbons (Fsp3) is 0.571. The lowest BCUT2D eigenvalue weighted by molar-refractivity contribution is -0.146. The molecule has 0 atom stereocenters. The number of esters is 1. The zero-order valence-electron chi connectivity index (χ0n) is 26.5. The number of anilines is 1. The average molecular weight is 607 g/mol. The molecule has 0 spiro atoms.